The van der Waals surface area contributed by atoms with Gasteiger partial charge in [0, 0.05) is 25.1 Å². The zero-order chi connectivity index (χ0) is 24.1. The summed E-state index contributed by atoms with van der Waals surface area (Å²) >= 11 is 0. The van der Waals surface area contributed by atoms with Crippen LogP contribution in [-0.4, -0.2) is 33.8 Å². The first-order chi connectivity index (χ1) is 16.3. The smallest absolute Gasteiger partial charge is 0.316 e. The lowest BCUT2D eigenvalue weighted by molar-refractivity contribution is -0.119. The monoisotopic (exact) mass is 480 g/mol. The van der Waals surface area contributed by atoms with Crippen LogP contribution in [0.25, 0.3) is 0 Å². The van der Waals surface area contributed by atoms with Crippen LogP contribution in [0, 0.1) is 0 Å². The molecule has 34 heavy (non-hydrogen) atoms. The molecule has 0 fully saturated rings. The van der Waals surface area contributed by atoms with E-state index in [-0.39, 0.29) is 24.0 Å². The summed E-state index contributed by atoms with van der Waals surface area (Å²) in [4.78, 5) is 25.7. The van der Waals surface area contributed by atoms with Gasteiger partial charge in [-0.1, -0.05) is 48.5 Å². The minimum atomic E-state index is -4.18. The summed E-state index contributed by atoms with van der Waals surface area (Å²) in [5.41, 5.74) is 7.96. The Balaban J connectivity index is 1.68. The van der Waals surface area contributed by atoms with Gasteiger partial charge < -0.3 is 20.2 Å². The number of hydrogen-bond acceptors (Lipinski definition) is 7. The molecule has 0 aliphatic carbocycles. The SMILES string of the molecule is Cn1cc(S(=O)(=O)OCc2ccccc2)nc1C(C(N)=O)N(Cc1cnc[nH]1)c1ccccc1. The number of aromatic nitrogens is 4. The molecule has 10 nitrogen and oxygen atoms in total. The maximum Gasteiger partial charge on any atom is 0.316 e. The van der Waals surface area contributed by atoms with E-state index in [0.29, 0.717) is 11.3 Å². The summed E-state index contributed by atoms with van der Waals surface area (Å²) in [7, 11) is -2.57. The first kappa shape index (κ1) is 23.2. The quantitative estimate of drug-likeness (QED) is 0.332. The highest BCUT2D eigenvalue weighted by Gasteiger charge is 2.33. The average molecular weight is 481 g/mol. The number of primary amides is 1. The van der Waals surface area contributed by atoms with Crippen LogP contribution in [-0.2, 0) is 39.3 Å². The Labute approximate surface area is 197 Å². The number of amides is 1. The molecule has 0 saturated carbocycles. The molecule has 11 heteroatoms. The zero-order valence-corrected chi connectivity index (χ0v) is 19.2. The van der Waals surface area contributed by atoms with Gasteiger partial charge in [0.05, 0.1) is 25.2 Å². The van der Waals surface area contributed by atoms with Crippen molar-refractivity contribution in [2.24, 2.45) is 12.8 Å². The van der Waals surface area contributed by atoms with Crippen molar-refractivity contribution < 1.29 is 17.4 Å². The molecule has 2 aromatic carbocycles. The van der Waals surface area contributed by atoms with E-state index < -0.39 is 22.1 Å². The molecule has 3 N–H and O–H groups in total. The van der Waals surface area contributed by atoms with Crippen LogP contribution in [0.3, 0.4) is 0 Å². The summed E-state index contributed by atoms with van der Waals surface area (Å²) in [5.74, 6) is -0.524. The van der Waals surface area contributed by atoms with Gasteiger partial charge in [-0.25, -0.2) is 9.97 Å². The third-order valence-corrected chi connectivity index (χ3v) is 6.32. The van der Waals surface area contributed by atoms with Crippen molar-refractivity contribution in [1.29, 1.82) is 0 Å². The number of aryl methyl sites for hydroxylation is 1. The fraction of sp³-hybridized carbons (Fsp3) is 0.174. The maximum atomic E-state index is 12.8. The molecule has 0 aliphatic heterocycles. The molecule has 0 aliphatic rings. The Morgan fingerprint density at radius 3 is 2.44 bits per heavy atom. The molecule has 1 unspecified atom stereocenters. The van der Waals surface area contributed by atoms with E-state index in [9.17, 15) is 13.2 Å². The van der Waals surface area contributed by atoms with E-state index in [4.69, 9.17) is 9.92 Å². The molecule has 1 amide bonds. The third-order valence-electron chi connectivity index (χ3n) is 5.18. The molecular formula is C23H24N6O4S. The van der Waals surface area contributed by atoms with E-state index in [1.807, 2.05) is 36.4 Å². The Bertz CT molecular complexity index is 1340. The second-order valence-electron chi connectivity index (χ2n) is 7.60. The van der Waals surface area contributed by atoms with Crippen molar-refractivity contribution in [1.82, 2.24) is 19.5 Å². The van der Waals surface area contributed by atoms with Crippen molar-refractivity contribution in [3.63, 3.8) is 0 Å². The fourth-order valence-electron chi connectivity index (χ4n) is 3.53. The number of aromatic amines is 1. The highest BCUT2D eigenvalue weighted by atomic mass is 32.2. The highest BCUT2D eigenvalue weighted by molar-refractivity contribution is 7.86. The second kappa shape index (κ2) is 9.89. The second-order valence-corrected chi connectivity index (χ2v) is 9.16. The number of H-pyrrole nitrogens is 1. The van der Waals surface area contributed by atoms with Crippen LogP contribution >= 0.6 is 0 Å². The number of nitrogens with one attached hydrogen (secondary N) is 1. The van der Waals surface area contributed by atoms with E-state index >= 15 is 0 Å². The van der Waals surface area contributed by atoms with Gasteiger partial charge >= 0.3 is 10.1 Å². The number of imidazole rings is 2. The molecule has 0 saturated heterocycles. The van der Waals surface area contributed by atoms with Gasteiger partial charge in [-0.15, -0.1) is 0 Å². The molecule has 176 valence electrons. The maximum absolute atomic E-state index is 12.8. The summed E-state index contributed by atoms with van der Waals surface area (Å²) in [6.45, 7) is 0.126. The lowest BCUT2D eigenvalue weighted by Gasteiger charge is -2.30. The number of nitrogens with zero attached hydrogens (tertiary/aromatic N) is 4. The van der Waals surface area contributed by atoms with Crippen LogP contribution in [0.2, 0.25) is 0 Å². The van der Waals surface area contributed by atoms with Gasteiger partial charge in [0.15, 0.2) is 6.04 Å². The van der Waals surface area contributed by atoms with Gasteiger partial charge in [0.1, 0.15) is 5.82 Å². The summed E-state index contributed by atoms with van der Waals surface area (Å²) in [5, 5.41) is -0.304. The highest BCUT2D eigenvalue weighted by Crippen LogP contribution is 2.29. The van der Waals surface area contributed by atoms with Gasteiger partial charge in [-0.3, -0.25) is 8.98 Å². The molecule has 0 radical (unpaired) electrons. The first-order valence-electron chi connectivity index (χ1n) is 10.4. The zero-order valence-electron chi connectivity index (χ0n) is 18.4. The largest absolute Gasteiger partial charge is 0.367 e. The number of carbonyl (C=O) groups is 1. The van der Waals surface area contributed by atoms with E-state index in [2.05, 4.69) is 15.0 Å². The molecule has 0 spiro atoms. The number of anilines is 1. The van der Waals surface area contributed by atoms with E-state index in [1.165, 1.54) is 17.1 Å². The van der Waals surface area contributed by atoms with Gasteiger partial charge in [-0.2, -0.15) is 8.42 Å². The van der Waals surface area contributed by atoms with Gasteiger partial charge in [0.2, 0.25) is 10.9 Å². The summed E-state index contributed by atoms with van der Waals surface area (Å²) in [6.07, 6.45) is 4.48. The number of carbonyl (C=O) groups excluding carboxylic acids is 1. The topological polar surface area (TPSA) is 136 Å². The third kappa shape index (κ3) is 5.16. The number of hydrogen-bond donors (Lipinski definition) is 2. The van der Waals surface area contributed by atoms with Crippen LogP contribution in [0.4, 0.5) is 5.69 Å². The van der Waals surface area contributed by atoms with Gasteiger partial charge in [-0.05, 0) is 17.7 Å². The molecule has 1 atom stereocenters. The normalized spacial score (nSPS) is 12.4. The van der Waals surface area contributed by atoms with E-state index in [0.717, 1.165) is 5.69 Å². The Hall–Kier alpha value is -3.96. The first-order valence-corrected chi connectivity index (χ1v) is 11.8. The van der Waals surface area contributed by atoms with Gasteiger partial charge in [0.25, 0.3) is 0 Å². The summed E-state index contributed by atoms with van der Waals surface area (Å²) < 4.78 is 32.3. The Morgan fingerprint density at radius 2 is 1.82 bits per heavy atom. The molecule has 2 aromatic heterocycles. The predicted octanol–water partition coefficient (Wildman–Crippen LogP) is 2.28. The van der Waals surface area contributed by atoms with Crippen molar-refractivity contribution in [2.75, 3.05) is 4.90 Å². The minimum absolute atomic E-state index is 0.135. The predicted molar refractivity (Wildman–Crippen MR) is 125 cm³/mol. The van der Waals surface area contributed by atoms with Crippen molar-refractivity contribution in [3.8, 4) is 0 Å². The number of para-hydroxylation sites is 1. The summed E-state index contributed by atoms with van der Waals surface area (Å²) in [6, 6.07) is 17.0. The van der Waals surface area contributed by atoms with Crippen LogP contribution < -0.4 is 10.6 Å². The molecular weight excluding hydrogens is 456 g/mol. The fourth-order valence-corrected chi connectivity index (χ4v) is 4.44. The number of rotatable bonds is 10. The van der Waals surface area contributed by atoms with Crippen molar-refractivity contribution in [3.05, 3.63) is 96.5 Å². The van der Waals surface area contributed by atoms with Crippen LogP contribution in [0.15, 0.2) is 84.4 Å². The molecule has 0 bridgehead atoms. The molecule has 2 heterocycles. The van der Waals surface area contributed by atoms with Crippen molar-refractivity contribution in [2.45, 2.75) is 24.2 Å². The van der Waals surface area contributed by atoms with Crippen molar-refractivity contribution >= 4 is 21.7 Å². The number of nitrogens with two attached hydrogens (primary N) is 1. The minimum Gasteiger partial charge on any atom is -0.367 e. The lowest BCUT2D eigenvalue weighted by Crippen LogP contribution is -2.39. The lowest BCUT2D eigenvalue weighted by atomic mass is 10.1. The standard InChI is InChI=1S/C23H24N6O4S/c1-28-14-20(34(31,32)33-15-17-8-4-2-5-9-17)27-23(28)21(22(24)30)29(13-18-12-25-16-26-18)19-10-6-3-7-11-19/h2-12,14,16,21H,13,15H2,1H3,(H2,24,30)(H,25,26). The molecule has 4 aromatic rings. The van der Waals surface area contributed by atoms with Crippen LogP contribution in [0.5, 0.6) is 0 Å². The Kier molecular flexibility index (Phi) is 6.75. The molecule has 4 rings (SSSR count). The Morgan fingerprint density at radius 1 is 1.15 bits per heavy atom. The average Bonchev–Trinajstić information content (AvgIpc) is 3.49. The van der Waals surface area contributed by atoms with Crippen LogP contribution in [0.1, 0.15) is 23.1 Å². The van der Waals surface area contributed by atoms with E-state index in [1.54, 1.807) is 42.4 Å². The number of benzene rings is 2.